The Kier molecular flexibility index (Phi) is 3.41. The van der Waals surface area contributed by atoms with Crippen LogP contribution < -0.4 is 0 Å². The number of aryl methyl sites for hydroxylation is 2. The predicted octanol–water partition coefficient (Wildman–Crippen LogP) is 0.0482. The second-order valence-corrected chi connectivity index (χ2v) is 6.26. The summed E-state index contributed by atoms with van der Waals surface area (Å²) in [7, 11) is -2.68. The molecule has 0 aromatic carbocycles. The number of furan rings is 1. The molecule has 1 fully saturated rings. The van der Waals surface area contributed by atoms with E-state index in [9.17, 15) is 18.3 Å². The third-order valence-electron chi connectivity index (χ3n) is 3.02. The highest BCUT2D eigenvalue weighted by atomic mass is 32.2. The molecule has 1 N–H and O–H groups in total. The molecule has 106 valence electrons. The number of esters is 1. The fourth-order valence-electron chi connectivity index (χ4n) is 2.05. The number of aliphatic hydroxyl groups is 1. The summed E-state index contributed by atoms with van der Waals surface area (Å²) in [6, 6.07) is 0. The Morgan fingerprint density at radius 2 is 1.95 bits per heavy atom. The Morgan fingerprint density at radius 1 is 1.37 bits per heavy atom. The van der Waals surface area contributed by atoms with E-state index in [0.717, 1.165) is 4.31 Å². The van der Waals surface area contributed by atoms with Crippen molar-refractivity contribution in [3.63, 3.8) is 0 Å². The number of hydrogen-bond donors (Lipinski definition) is 1. The van der Waals surface area contributed by atoms with Crippen LogP contribution in [0.25, 0.3) is 0 Å². The van der Waals surface area contributed by atoms with Crippen molar-refractivity contribution in [3.05, 3.63) is 17.1 Å². The Morgan fingerprint density at radius 3 is 2.42 bits per heavy atom. The van der Waals surface area contributed by atoms with E-state index in [1.165, 1.54) is 21.0 Å². The van der Waals surface area contributed by atoms with Gasteiger partial charge in [-0.1, -0.05) is 0 Å². The first-order chi connectivity index (χ1) is 8.78. The molecule has 0 saturated carbocycles. The standard InChI is InChI=1S/C11H15NO6S/c1-6-9(11(14)17-3)10(7(2)18-6)19(15,16)12-4-8(13)5-12/h8,13H,4-5H2,1-3H3. The minimum Gasteiger partial charge on any atom is -0.465 e. The van der Waals surface area contributed by atoms with Gasteiger partial charge < -0.3 is 14.3 Å². The fraction of sp³-hybridized carbons (Fsp3) is 0.545. The Bertz CT molecular complexity index is 611. The number of aliphatic hydroxyl groups excluding tert-OH is 1. The van der Waals surface area contributed by atoms with Gasteiger partial charge in [0.05, 0.1) is 13.2 Å². The molecule has 8 heteroatoms. The van der Waals surface area contributed by atoms with Gasteiger partial charge in [-0.05, 0) is 13.8 Å². The molecule has 19 heavy (non-hydrogen) atoms. The lowest BCUT2D eigenvalue weighted by Gasteiger charge is -2.34. The molecule has 2 rings (SSSR count). The van der Waals surface area contributed by atoms with Crippen LogP contribution in [0.2, 0.25) is 0 Å². The number of rotatable bonds is 3. The third kappa shape index (κ3) is 2.15. The zero-order chi connectivity index (χ0) is 14.4. The predicted molar refractivity (Wildman–Crippen MR) is 64.3 cm³/mol. The van der Waals surface area contributed by atoms with Crippen LogP contribution in [0.3, 0.4) is 0 Å². The van der Waals surface area contributed by atoms with E-state index in [0.29, 0.717) is 0 Å². The van der Waals surface area contributed by atoms with Crippen molar-refractivity contribution in [2.45, 2.75) is 24.8 Å². The molecular formula is C11H15NO6S. The summed E-state index contributed by atoms with van der Waals surface area (Å²) < 4.78 is 35.7. The van der Waals surface area contributed by atoms with E-state index in [-0.39, 0.29) is 35.1 Å². The SMILES string of the molecule is COC(=O)c1c(C)oc(C)c1S(=O)(=O)N1CC(O)C1. The van der Waals surface area contributed by atoms with Crippen molar-refractivity contribution in [2.75, 3.05) is 20.2 Å². The highest BCUT2D eigenvalue weighted by Crippen LogP contribution is 2.31. The van der Waals surface area contributed by atoms with Crippen molar-refractivity contribution in [1.29, 1.82) is 0 Å². The van der Waals surface area contributed by atoms with Crippen LogP contribution in [0, 0.1) is 13.8 Å². The average Bonchev–Trinajstić information content (AvgIpc) is 2.59. The van der Waals surface area contributed by atoms with Crippen molar-refractivity contribution < 1.29 is 27.5 Å². The molecule has 2 heterocycles. The normalized spacial score (nSPS) is 17.3. The highest BCUT2D eigenvalue weighted by molar-refractivity contribution is 7.89. The number of carbonyl (C=O) groups excluding carboxylic acids is 1. The van der Waals surface area contributed by atoms with Crippen molar-refractivity contribution in [1.82, 2.24) is 4.31 Å². The van der Waals surface area contributed by atoms with Gasteiger partial charge in [0.15, 0.2) is 0 Å². The van der Waals surface area contributed by atoms with Crippen LogP contribution in [0.1, 0.15) is 21.9 Å². The molecule has 0 bridgehead atoms. The van der Waals surface area contributed by atoms with Gasteiger partial charge in [-0.2, -0.15) is 4.31 Å². The van der Waals surface area contributed by atoms with Gasteiger partial charge in [-0.25, -0.2) is 13.2 Å². The summed E-state index contributed by atoms with van der Waals surface area (Å²) in [6.45, 7) is 3.02. The third-order valence-corrected chi connectivity index (χ3v) is 5.01. The van der Waals surface area contributed by atoms with E-state index in [1.54, 1.807) is 0 Å². The molecule has 0 amide bonds. The van der Waals surface area contributed by atoms with Gasteiger partial charge in [0.2, 0.25) is 10.0 Å². The molecule has 0 spiro atoms. The average molecular weight is 289 g/mol. The number of carbonyl (C=O) groups is 1. The largest absolute Gasteiger partial charge is 0.465 e. The quantitative estimate of drug-likeness (QED) is 0.790. The summed E-state index contributed by atoms with van der Waals surface area (Å²) in [6.07, 6.45) is -0.662. The molecule has 1 aromatic heterocycles. The van der Waals surface area contributed by atoms with E-state index >= 15 is 0 Å². The summed E-state index contributed by atoms with van der Waals surface area (Å²) in [5.74, 6) is -0.419. The van der Waals surface area contributed by atoms with Crippen molar-refractivity contribution >= 4 is 16.0 Å². The zero-order valence-corrected chi connectivity index (χ0v) is 11.7. The maximum absolute atomic E-state index is 12.4. The number of sulfonamides is 1. The van der Waals surface area contributed by atoms with E-state index < -0.39 is 22.1 Å². The number of nitrogens with zero attached hydrogens (tertiary/aromatic N) is 1. The molecular weight excluding hydrogens is 274 g/mol. The van der Waals surface area contributed by atoms with Crippen LogP contribution in [-0.4, -0.2) is 50.1 Å². The Hall–Kier alpha value is -1.38. The summed E-state index contributed by atoms with van der Waals surface area (Å²) in [5, 5.41) is 9.21. The molecule has 7 nitrogen and oxygen atoms in total. The maximum Gasteiger partial charge on any atom is 0.342 e. The van der Waals surface area contributed by atoms with E-state index in [2.05, 4.69) is 4.74 Å². The smallest absolute Gasteiger partial charge is 0.342 e. The first-order valence-corrected chi connectivity index (χ1v) is 7.09. The molecule has 1 aliphatic rings. The minimum absolute atomic E-state index is 0.0204. The van der Waals surface area contributed by atoms with Gasteiger partial charge in [0.1, 0.15) is 22.0 Å². The molecule has 1 aromatic rings. The van der Waals surface area contributed by atoms with Gasteiger partial charge in [-0.3, -0.25) is 0 Å². The number of β-amino-alcohol motifs (C(OH)–C–C–N with tert-alkyl or cyclic N) is 1. The summed E-state index contributed by atoms with van der Waals surface area (Å²) >= 11 is 0. The highest BCUT2D eigenvalue weighted by Gasteiger charge is 2.41. The zero-order valence-electron chi connectivity index (χ0n) is 10.8. The number of hydrogen-bond acceptors (Lipinski definition) is 6. The first kappa shape index (κ1) is 14.0. The molecule has 1 aliphatic heterocycles. The molecule has 0 radical (unpaired) electrons. The summed E-state index contributed by atoms with van der Waals surface area (Å²) in [4.78, 5) is 11.5. The van der Waals surface area contributed by atoms with Gasteiger partial charge in [-0.15, -0.1) is 0 Å². The van der Waals surface area contributed by atoms with Gasteiger partial charge >= 0.3 is 5.97 Å². The molecule has 0 aliphatic carbocycles. The number of ether oxygens (including phenoxy) is 1. The van der Waals surface area contributed by atoms with E-state index in [4.69, 9.17) is 4.42 Å². The lowest BCUT2D eigenvalue weighted by molar-refractivity contribution is 0.0543. The second-order valence-electron chi connectivity index (χ2n) is 4.39. The van der Waals surface area contributed by atoms with Crippen molar-refractivity contribution in [3.8, 4) is 0 Å². The molecule has 1 saturated heterocycles. The number of methoxy groups -OCH3 is 1. The van der Waals surface area contributed by atoms with E-state index in [1.807, 2.05) is 0 Å². The second kappa shape index (κ2) is 4.62. The topological polar surface area (TPSA) is 97.0 Å². The van der Waals surface area contributed by atoms with Gasteiger partial charge in [0.25, 0.3) is 0 Å². The van der Waals surface area contributed by atoms with Crippen LogP contribution in [0.5, 0.6) is 0 Å². The Labute approximate surface area is 110 Å². The minimum atomic E-state index is -3.85. The fourth-order valence-corrected chi connectivity index (χ4v) is 3.94. The lowest BCUT2D eigenvalue weighted by Crippen LogP contribution is -2.53. The van der Waals surface area contributed by atoms with Crippen LogP contribution in [-0.2, 0) is 14.8 Å². The maximum atomic E-state index is 12.4. The van der Waals surface area contributed by atoms with Crippen LogP contribution in [0.4, 0.5) is 0 Å². The molecule has 0 unspecified atom stereocenters. The monoisotopic (exact) mass is 289 g/mol. The lowest BCUT2D eigenvalue weighted by atomic mass is 10.2. The van der Waals surface area contributed by atoms with Gasteiger partial charge in [0, 0.05) is 13.1 Å². The Balaban J connectivity index is 2.53. The molecule has 0 atom stereocenters. The van der Waals surface area contributed by atoms with Crippen molar-refractivity contribution in [2.24, 2.45) is 0 Å². The first-order valence-electron chi connectivity index (χ1n) is 5.65. The van der Waals surface area contributed by atoms with Crippen LogP contribution >= 0.6 is 0 Å². The summed E-state index contributed by atoms with van der Waals surface area (Å²) in [5.41, 5.74) is -0.0820. The van der Waals surface area contributed by atoms with Crippen LogP contribution in [0.15, 0.2) is 9.31 Å².